The summed E-state index contributed by atoms with van der Waals surface area (Å²) in [5, 5.41) is 0. The van der Waals surface area contributed by atoms with Gasteiger partial charge < -0.3 is 4.90 Å². The molecule has 3 nitrogen and oxygen atoms in total. The van der Waals surface area contributed by atoms with Gasteiger partial charge in [-0.05, 0) is 42.2 Å². The number of nitrogens with zero attached hydrogens (tertiary/aromatic N) is 2. The van der Waals surface area contributed by atoms with E-state index < -0.39 is 0 Å². The number of benzene rings is 1. The van der Waals surface area contributed by atoms with E-state index in [9.17, 15) is 9.18 Å². The van der Waals surface area contributed by atoms with Crippen LogP contribution in [-0.2, 0) is 4.79 Å². The minimum Gasteiger partial charge on any atom is -0.333 e. The molecule has 0 radical (unpaired) electrons. The van der Waals surface area contributed by atoms with Crippen LogP contribution in [0.3, 0.4) is 0 Å². The van der Waals surface area contributed by atoms with Gasteiger partial charge in [-0.25, -0.2) is 4.39 Å². The van der Waals surface area contributed by atoms with Crippen molar-refractivity contribution < 1.29 is 9.18 Å². The highest BCUT2D eigenvalue weighted by atomic mass is 19.1. The first-order valence-electron chi connectivity index (χ1n) is 7.51. The highest BCUT2D eigenvalue weighted by Gasteiger charge is 2.42. The van der Waals surface area contributed by atoms with Crippen molar-refractivity contribution >= 4 is 5.91 Å². The fourth-order valence-electron chi connectivity index (χ4n) is 2.86. The van der Waals surface area contributed by atoms with Crippen molar-refractivity contribution in [1.29, 1.82) is 0 Å². The Labute approximate surface area is 129 Å². The molecule has 0 saturated heterocycles. The molecular formula is C18H19FN2O. The van der Waals surface area contributed by atoms with Crippen LogP contribution in [0.2, 0.25) is 0 Å². The second-order valence-electron chi connectivity index (χ2n) is 5.98. The van der Waals surface area contributed by atoms with E-state index in [2.05, 4.69) is 11.9 Å². The lowest BCUT2D eigenvalue weighted by Gasteiger charge is -2.28. The van der Waals surface area contributed by atoms with Crippen LogP contribution in [0.1, 0.15) is 30.6 Å². The standard InChI is InChI=1S/C18H19FN2O/c1-12-10-15(12)18(22)21(2)17(16-8-3-4-9-20-16)13-6-5-7-14(19)11-13/h3-9,11-12,15,17H,10H2,1-2H3/t12-,15-,17+/m1/s1. The van der Waals surface area contributed by atoms with Crippen LogP contribution in [0, 0.1) is 17.7 Å². The Morgan fingerprint density at radius 2 is 2.09 bits per heavy atom. The highest BCUT2D eigenvalue weighted by Crippen LogP contribution is 2.41. The normalized spacial score (nSPS) is 21.2. The van der Waals surface area contributed by atoms with E-state index in [1.165, 1.54) is 12.1 Å². The maximum atomic E-state index is 13.6. The second-order valence-corrected chi connectivity index (χ2v) is 5.98. The van der Waals surface area contributed by atoms with Crippen LogP contribution in [-0.4, -0.2) is 22.8 Å². The Balaban J connectivity index is 1.98. The van der Waals surface area contributed by atoms with Crippen molar-refractivity contribution in [2.24, 2.45) is 11.8 Å². The Bertz CT molecular complexity index is 674. The van der Waals surface area contributed by atoms with E-state index in [0.29, 0.717) is 5.92 Å². The molecule has 0 N–H and O–H groups in total. The average molecular weight is 298 g/mol. The van der Waals surface area contributed by atoms with Crippen LogP contribution in [0.5, 0.6) is 0 Å². The van der Waals surface area contributed by atoms with Crippen molar-refractivity contribution in [3.05, 3.63) is 65.7 Å². The van der Waals surface area contributed by atoms with E-state index in [4.69, 9.17) is 0 Å². The maximum absolute atomic E-state index is 13.6. The van der Waals surface area contributed by atoms with Crippen LogP contribution in [0.25, 0.3) is 0 Å². The minimum atomic E-state index is -0.364. The van der Waals surface area contributed by atoms with E-state index >= 15 is 0 Å². The van der Waals surface area contributed by atoms with Crippen LogP contribution in [0.15, 0.2) is 48.7 Å². The zero-order chi connectivity index (χ0) is 15.7. The number of carbonyl (C=O) groups is 1. The summed E-state index contributed by atoms with van der Waals surface area (Å²) in [5.41, 5.74) is 1.49. The third kappa shape index (κ3) is 2.86. The van der Waals surface area contributed by atoms with Crippen molar-refractivity contribution in [3.63, 3.8) is 0 Å². The van der Waals surface area contributed by atoms with Crippen LogP contribution in [0.4, 0.5) is 4.39 Å². The largest absolute Gasteiger partial charge is 0.333 e. The minimum absolute atomic E-state index is 0.0878. The predicted octanol–water partition coefficient (Wildman–Crippen LogP) is 3.42. The summed E-state index contributed by atoms with van der Waals surface area (Å²) in [6.45, 7) is 2.08. The van der Waals surface area contributed by atoms with E-state index in [1.54, 1.807) is 24.2 Å². The zero-order valence-electron chi connectivity index (χ0n) is 12.7. The molecule has 0 bridgehead atoms. The van der Waals surface area contributed by atoms with Crippen molar-refractivity contribution in [2.45, 2.75) is 19.4 Å². The number of halogens is 1. The van der Waals surface area contributed by atoms with Gasteiger partial charge in [0.25, 0.3) is 0 Å². The summed E-state index contributed by atoms with van der Waals surface area (Å²) >= 11 is 0. The highest BCUT2D eigenvalue weighted by molar-refractivity contribution is 5.82. The number of carbonyl (C=O) groups excluding carboxylic acids is 1. The first-order valence-corrected chi connectivity index (χ1v) is 7.51. The summed E-state index contributed by atoms with van der Waals surface area (Å²) in [7, 11) is 1.78. The molecule has 1 fully saturated rings. The van der Waals surface area contributed by atoms with Gasteiger partial charge in [-0.15, -0.1) is 0 Å². The number of aromatic nitrogens is 1. The quantitative estimate of drug-likeness (QED) is 0.866. The topological polar surface area (TPSA) is 33.2 Å². The Kier molecular flexibility index (Phi) is 3.92. The molecule has 0 spiro atoms. The smallest absolute Gasteiger partial charge is 0.226 e. The number of hydrogen-bond donors (Lipinski definition) is 0. The monoisotopic (exact) mass is 298 g/mol. The van der Waals surface area contributed by atoms with Gasteiger partial charge in [0.2, 0.25) is 5.91 Å². The van der Waals surface area contributed by atoms with Gasteiger partial charge in [-0.2, -0.15) is 0 Å². The molecule has 1 aromatic heterocycles. The predicted molar refractivity (Wildman–Crippen MR) is 82.5 cm³/mol. The first-order chi connectivity index (χ1) is 10.6. The van der Waals surface area contributed by atoms with Gasteiger partial charge in [0.05, 0.1) is 11.7 Å². The molecule has 1 saturated carbocycles. The summed E-state index contributed by atoms with van der Waals surface area (Å²) in [5.74, 6) is 0.322. The van der Waals surface area contributed by atoms with Crippen LogP contribution < -0.4 is 0 Å². The van der Waals surface area contributed by atoms with Crippen molar-refractivity contribution in [1.82, 2.24) is 9.88 Å². The van der Waals surface area contributed by atoms with E-state index in [1.807, 2.05) is 24.3 Å². The first kappa shape index (κ1) is 14.7. The fraction of sp³-hybridized carbons (Fsp3) is 0.333. The third-order valence-electron chi connectivity index (χ3n) is 4.29. The van der Waals surface area contributed by atoms with Gasteiger partial charge in [-0.1, -0.05) is 25.1 Å². The Morgan fingerprint density at radius 1 is 1.32 bits per heavy atom. The summed E-state index contributed by atoms with van der Waals surface area (Å²) in [4.78, 5) is 18.7. The molecule has 0 unspecified atom stereocenters. The van der Waals surface area contributed by atoms with Gasteiger partial charge >= 0.3 is 0 Å². The van der Waals surface area contributed by atoms with Gasteiger partial charge in [0.1, 0.15) is 5.82 Å². The molecule has 114 valence electrons. The zero-order valence-corrected chi connectivity index (χ0v) is 12.7. The SMILES string of the molecule is C[C@@H]1C[C@H]1C(=O)N(C)[C@@H](c1cccc(F)c1)c1ccccn1. The van der Waals surface area contributed by atoms with Crippen molar-refractivity contribution in [3.8, 4) is 0 Å². The number of pyridine rings is 1. The third-order valence-corrected chi connectivity index (χ3v) is 4.29. The molecule has 1 heterocycles. The molecule has 2 aromatic rings. The average Bonchev–Trinajstić information content (AvgIpc) is 3.25. The molecule has 1 amide bonds. The molecule has 0 aliphatic heterocycles. The number of rotatable bonds is 4. The molecule has 22 heavy (non-hydrogen) atoms. The fourth-order valence-corrected chi connectivity index (χ4v) is 2.86. The maximum Gasteiger partial charge on any atom is 0.226 e. The number of hydrogen-bond acceptors (Lipinski definition) is 2. The van der Waals surface area contributed by atoms with E-state index in [0.717, 1.165) is 17.7 Å². The van der Waals surface area contributed by atoms with Crippen molar-refractivity contribution in [2.75, 3.05) is 7.05 Å². The molecule has 1 aliphatic carbocycles. The second kappa shape index (κ2) is 5.87. The molecule has 4 heteroatoms. The van der Waals surface area contributed by atoms with Crippen LogP contribution >= 0.6 is 0 Å². The molecule has 3 rings (SSSR count). The van der Waals surface area contributed by atoms with E-state index in [-0.39, 0.29) is 23.7 Å². The van der Waals surface area contributed by atoms with Gasteiger partial charge in [0, 0.05) is 19.2 Å². The molecule has 3 atom stereocenters. The summed E-state index contributed by atoms with van der Waals surface area (Å²) < 4.78 is 13.6. The summed E-state index contributed by atoms with van der Waals surface area (Å²) in [6.07, 6.45) is 2.63. The van der Waals surface area contributed by atoms with Gasteiger partial charge in [0.15, 0.2) is 0 Å². The lowest BCUT2D eigenvalue weighted by molar-refractivity contribution is -0.133. The molecule has 1 aromatic carbocycles. The Morgan fingerprint density at radius 3 is 2.68 bits per heavy atom. The lowest BCUT2D eigenvalue weighted by Crippen LogP contribution is -2.34. The number of amides is 1. The van der Waals surface area contributed by atoms with Gasteiger partial charge in [-0.3, -0.25) is 9.78 Å². The molecule has 1 aliphatic rings. The molecular weight excluding hydrogens is 279 g/mol. The summed E-state index contributed by atoms with van der Waals surface area (Å²) in [6, 6.07) is 11.6. The lowest BCUT2D eigenvalue weighted by atomic mass is 10.0. The Hall–Kier alpha value is -2.23.